The number of halogens is 1. The van der Waals surface area contributed by atoms with Crippen molar-refractivity contribution in [2.45, 2.75) is 25.8 Å². The van der Waals surface area contributed by atoms with E-state index in [0.29, 0.717) is 17.0 Å². The van der Waals surface area contributed by atoms with E-state index in [1.165, 1.54) is 19.4 Å². The molecule has 1 aromatic rings. The first kappa shape index (κ1) is 12.9. The second kappa shape index (κ2) is 5.51. The monoisotopic (exact) mass is 281 g/mol. The second-order valence-corrected chi connectivity index (χ2v) is 5.58. The molecule has 0 aliphatic carbocycles. The summed E-state index contributed by atoms with van der Waals surface area (Å²) >= 11 is 6.26. The minimum absolute atomic E-state index is 0.646. The molecule has 2 fully saturated rings. The van der Waals surface area contributed by atoms with Gasteiger partial charge in [0, 0.05) is 32.2 Å². The zero-order chi connectivity index (χ0) is 13.2. The molecule has 1 N–H and O–H groups in total. The summed E-state index contributed by atoms with van der Waals surface area (Å²) in [6.45, 7) is 7.24. The van der Waals surface area contributed by atoms with Gasteiger partial charge in [0.05, 0.1) is 6.20 Å². The summed E-state index contributed by atoms with van der Waals surface area (Å²) in [6.07, 6.45) is 4.31. The molecule has 104 valence electrons. The Hall–Kier alpha value is -1.07. The number of fused-ring (bicyclic) bond motifs is 1. The first-order chi connectivity index (χ1) is 9.28. The van der Waals surface area contributed by atoms with Crippen LogP contribution in [0.4, 0.5) is 11.8 Å². The highest BCUT2D eigenvalue weighted by Crippen LogP contribution is 2.29. The van der Waals surface area contributed by atoms with Gasteiger partial charge in [-0.05, 0) is 26.3 Å². The highest BCUT2D eigenvalue weighted by molar-refractivity contribution is 6.32. The van der Waals surface area contributed by atoms with Crippen LogP contribution in [-0.4, -0.2) is 53.6 Å². The Morgan fingerprint density at radius 1 is 1.42 bits per heavy atom. The lowest BCUT2D eigenvalue weighted by atomic mass is 10.1. The molecule has 0 spiro atoms. The third kappa shape index (κ3) is 2.62. The van der Waals surface area contributed by atoms with Crippen molar-refractivity contribution in [2.75, 3.05) is 42.9 Å². The fourth-order valence-corrected chi connectivity index (χ4v) is 3.22. The number of piperazine rings is 1. The van der Waals surface area contributed by atoms with Crippen LogP contribution < -0.4 is 10.2 Å². The molecule has 0 saturated carbocycles. The summed E-state index contributed by atoms with van der Waals surface area (Å²) in [5, 5.41) is 3.79. The largest absolute Gasteiger partial charge is 0.354 e. The third-order valence-electron chi connectivity index (χ3n) is 3.95. The maximum atomic E-state index is 6.26. The van der Waals surface area contributed by atoms with Crippen LogP contribution in [0.3, 0.4) is 0 Å². The van der Waals surface area contributed by atoms with E-state index in [4.69, 9.17) is 11.6 Å². The van der Waals surface area contributed by atoms with E-state index in [2.05, 4.69) is 25.1 Å². The van der Waals surface area contributed by atoms with Crippen molar-refractivity contribution in [3.8, 4) is 0 Å². The number of nitrogens with zero attached hydrogens (tertiary/aromatic N) is 4. The van der Waals surface area contributed by atoms with E-state index in [0.717, 1.165) is 32.0 Å². The number of hydrogen-bond donors (Lipinski definition) is 1. The van der Waals surface area contributed by atoms with Crippen LogP contribution in [-0.2, 0) is 0 Å². The first-order valence-corrected chi connectivity index (χ1v) is 7.41. The summed E-state index contributed by atoms with van der Waals surface area (Å²) in [5.74, 6) is 1.54. The third-order valence-corrected chi connectivity index (χ3v) is 4.21. The highest BCUT2D eigenvalue weighted by Gasteiger charge is 2.31. The normalized spacial score (nSPS) is 23.5. The van der Waals surface area contributed by atoms with E-state index >= 15 is 0 Å². The summed E-state index contributed by atoms with van der Waals surface area (Å²) in [6, 6.07) is 0.669. The van der Waals surface area contributed by atoms with Crippen LogP contribution in [0.5, 0.6) is 0 Å². The summed E-state index contributed by atoms with van der Waals surface area (Å²) in [7, 11) is 0. The van der Waals surface area contributed by atoms with Gasteiger partial charge in [0.1, 0.15) is 5.02 Å². The quantitative estimate of drug-likeness (QED) is 0.916. The Bertz CT molecular complexity index is 453. The van der Waals surface area contributed by atoms with E-state index in [1.807, 2.05) is 6.92 Å². The Morgan fingerprint density at radius 3 is 3.16 bits per heavy atom. The minimum Gasteiger partial charge on any atom is -0.354 e. The molecule has 3 rings (SSSR count). The Balaban J connectivity index is 1.79. The van der Waals surface area contributed by atoms with Gasteiger partial charge in [-0.2, -0.15) is 4.98 Å². The predicted molar refractivity (Wildman–Crippen MR) is 78.0 cm³/mol. The second-order valence-electron chi connectivity index (χ2n) is 5.17. The molecule has 0 bridgehead atoms. The molecule has 1 atom stereocenters. The summed E-state index contributed by atoms with van der Waals surface area (Å²) < 4.78 is 0. The predicted octanol–water partition coefficient (Wildman–Crippen LogP) is 1.85. The maximum absolute atomic E-state index is 6.26. The zero-order valence-corrected chi connectivity index (χ0v) is 12.0. The van der Waals surface area contributed by atoms with Gasteiger partial charge in [-0.15, -0.1) is 0 Å². The first-order valence-electron chi connectivity index (χ1n) is 7.03. The lowest BCUT2D eigenvalue weighted by Gasteiger charge is -2.38. The fourth-order valence-electron chi connectivity index (χ4n) is 3.01. The van der Waals surface area contributed by atoms with Crippen LogP contribution in [0.2, 0.25) is 5.02 Å². The molecule has 5 nitrogen and oxygen atoms in total. The van der Waals surface area contributed by atoms with Crippen LogP contribution >= 0.6 is 11.6 Å². The van der Waals surface area contributed by atoms with Gasteiger partial charge in [-0.1, -0.05) is 11.6 Å². The zero-order valence-electron chi connectivity index (χ0n) is 11.3. The summed E-state index contributed by atoms with van der Waals surface area (Å²) in [5.41, 5.74) is 0. The van der Waals surface area contributed by atoms with E-state index in [9.17, 15) is 0 Å². The Kier molecular flexibility index (Phi) is 3.75. The molecule has 0 radical (unpaired) electrons. The van der Waals surface area contributed by atoms with Gasteiger partial charge in [-0.3, -0.25) is 4.90 Å². The minimum atomic E-state index is 0.646. The van der Waals surface area contributed by atoms with Crippen LogP contribution in [0.1, 0.15) is 19.8 Å². The molecule has 19 heavy (non-hydrogen) atoms. The number of nitrogens with one attached hydrogen (secondary N) is 1. The highest BCUT2D eigenvalue weighted by atomic mass is 35.5. The molecule has 2 aliphatic heterocycles. The molecule has 0 aromatic carbocycles. The van der Waals surface area contributed by atoms with Crippen molar-refractivity contribution in [1.29, 1.82) is 0 Å². The molecule has 0 amide bonds. The Morgan fingerprint density at radius 2 is 2.32 bits per heavy atom. The average molecular weight is 282 g/mol. The van der Waals surface area contributed by atoms with Gasteiger partial charge in [0.2, 0.25) is 5.95 Å². The molecule has 3 heterocycles. The molecule has 1 unspecified atom stereocenters. The van der Waals surface area contributed by atoms with Crippen molar-refractivity contribution in [1.82, 2.24) is 14.9 Å². The standard InChI is InChI=1S/C13H20ClN5/c1-2-15-13-16-8-11(14)12(17-13)19-7-6-18-5-3-4-10(18)9-19/h8,10H,2-7,9H2,1H3,(H,15,16,17). The van der Waals surface area contributed by atoms with E-state index in [-0.39, 0.29) is 0 Å². The van der Waals surface area contributed by atoms with Gasteiger partial charge in [0.25, 0.3) is 0 Å². The van der Waals surface area contributed by atoms with Crippen LogP contribution in [0.25, 0.3) is 0 Å². The number of rotatable bonds is 3. The van der Waals surface area contributed by atoms with Crippen molar-refractivity contribution >= 4 is 23.4 Å². The van der Waals surface area contributed by atoms with Gasteiger partial charge >= 0.3 is 0 Å². The number of hydrogen-bond acceptors (Lipinski definition) is 5. The van der Waals surface area contributed by atoms with Gasteiger partial charge < -0.3 is 10.2 Å². The van der Waals surface area contributed by atoms with Crippen LogP contribution in [0.15, 0.2) is 6.20 Å². The smallest absolute Gasteiger partial charge is 0.224 e. The topological polar surface area (TPSA) is 44.3 Å². The fraction of sp³-hybridized carbons (Fsp3) is 0.692. The van der Waals surface area contributed by atoms with Crippen molar-refractivity contribution in [2.24, 2.45) is 0 Å². The number of aromatic nitrogens is 2. The summed E-state index contributed by atoms with van der Waals surface area (Å²) in [4.78, 5) is 13.6. The average Bonchev–Trinajstić information content (AvgIpc) is 2.88. The SMILES string of the molecule is CCNc1ncc(Cl)c(N2CCN3CCCC3C2)n1. The molecule has 2 aliphatic rings. The molecular weight excluding hydrogens is 262 g/mol. The van der Waals surface area contributed by atoms with Gasteiger partial charge in [-0.25, -0.2) is 4.98 Å². The molecule has 2 saturated heterocycles. The molecular formula is C13H20ClN5. The van der Waals surface area contributed by atoms with Crippen molar-refractivity contribution in [3.63, 3.8) is 0 Å². The lowest BCUT2D eigenvalue weighted by molar-refractivity contribution is 0.230. The maximum Gasteiger partial charge on any atom is 0.224 e. The molecule has 6 heteroatoms. The number of anilines is 2. The molecule has 1 aromatic heterocycles. The van der Waals surface area contributed by atoms with Gasteiger partial charge in [0.15, 0.2) is 5.82 Å². The van der Waals surface area contributed by atoms with Crippen molar-refractivity contribution < 1.29 is 0 Å². The lowest BCUT2D eigenvalue weighted by Crippen LogP contribution is -2.50. The van der Waals surface area contributed by atoms with Crippen LogP contribution in [0, 0.1) is 0 Å². The Labute approximate surface area is 119 Å². The van der Waals surface area contributed by atoms with E-state index < -0.39 is 0 Å². The van der Waals surface area contributed by atoms with Crippen molar-refractivity contribution in [3.05, 3.63) is 11.2 Å². The van der Waals surface area contributed by atoms with E-state index in [1.54, 1.807) is 6.20 Å².